The zero-order valence-corrected chi connectivity index (χ0v) is 78.6. The van der Waals surface area contributed by atoms with Gasteiger partial charge in [-0.2, -0.15) is 0 Å². The number of rotatable bonds is 26. The number of aliphatic imine (C=N–C) groups is 1. The third-order valence-electron chi connectivity index (χ3n) is 19.2. The number of carbonyl (C=O) groups excluding carboxylic acids is 11. The number of hydrogen-bond acceptors (Lipinski definition) is 33. The largest absolute Gasteiger partial charge is 0.502 e. The van der Waals surface area contributed by atoms with E-state index < -0.39 is 77.5 Å². The van der Waals surface area contributed by atoms with Crippen molar-refractivity contribution >= 4 is 106 Å². The van der Waals surface area contributed by atoms with E-state index in [1.807, 2.05) is 48.5 Å². The molecule has 39 heteroatoms. The SMILES string of the molecule is C.C.C.C=C(C)OC.CC(=O)OCC(=O)Cl.CC(=O)O[C@H]1C(=O)N[C@H]1c1ccco1.CCN(CC)CC.COC(C)(C)O[C@H]1C(=O)N[C@H]1c1ccco1.COc1ccc(N)cc1.COc1ccc(N2C(=O)[C@H](OC(C)=O)[C@@H]2c2ccco2)cc1.COc1ccc(N2C(=O)[C@H](OC(C)=O)[C@@H]2c2ccco2)cc1.COc1ccc(N=Cc2ccco2)cc1.O=C1N[C@@H](c2ccco2)[C@H]1O.O=Cc1ccco1. The molecule has 6 N–H and O–H groups in total. The van der Waals surface area contributed by atoms with Gasteiger partial charge >= 0.3 is 23.9 Å². The van der Waals surface area contributed by atoms with Crippen LogP contribution in [0.3, 0.4) is 0 Å². The Bertz CT molecular complexity index is 5300. The molecule has 0 saturated carbocycles. The van der Waals surface area contributed by atoms with E-state index in [-0.39, 0.29) is 76.5 Å². The summed E-state index contributed by atoms with van der Waals surface area (Å²) in [5.41, 5.74) is 8.43. The quantitative estimate of drug-likeness (QED) is 0.00387. The van der Waals surface area contributed by atoms with Crippen molar-refractivity contribution in [1.82, 2.24) is 20.9 Å². The lowest BCUT2D eigenvalue weighted by Crippen LogP contribution is -2.60. The second-order valence-electron chi connectivity index (χ2n) is 29.0. The van der Waals surface area contributed by atoms with Crippen molar-refractivity contribution in [2.45, 2.75) is 158 Å². The fraction of sp³-hybridized carbons (Fsp3) is 0.340. The van der Waals surface area contributed by atoms with Crippen LogP contribution in [0.25, 0.3) is 0 Å². The van der Waals surface area contributed by atoms with Crippen LogP contribution in [0, 0.1) is 0 Å². The maximum Gasteiger partial charge on any atom is 0.303 e. The molecule has 5 aliphatic rings. The van der Waals surface area contributed by atoms with E-state index >= 15 is 0 Å². The zero-order chi connectivity index (χ0) is 100.0. The summed E-state index contributed by atoms with van der Waals surface area (Å²) < 4.78 is 90.5. The summed E-state index contributed by atoms with van der Waals surface area (Å²) in [6.45, 7) is 23.6. The highest BCUT2D eigenvalue weighted by atomic mass is 35.5. The molecule has 5 amide bonds. The highest BCUT2D eigenvalue weighted by Crippen LogP contribution is 2.44. The Balaban J connectivity index is 0.000000403. The van der Waals surface area contributed by atoms with Gasteiger partial charge in [0.1, 0.15) is 87.8 Å². The number of methoxy groups -OCH3 is 6. The molecule has 5 fully saturated rings. The highest BCUT2D eigenvalue weighted by Gasteiger charge is 2.55. The predicted octanol–water partition coefficient (Wildman–Crippen LogP) is 16.2. The number of nitrogens with one attached hydrogen (secondary N) is 3. The first-order valence-electron chi connectivity index (χ1n) is 41.9. The summed E-state index contributed by atoms with van der Waals surface area (Å²) in [4.78, 5) is 130. The summed E-state index contributed by atoms with van der Waals surface area (Å²) in [5.74, 6) is 3.87. The number of anilines is 3. The number of allylic oxidation sites excluding steroid dienone is 1. The second kappa shape index (κ2) is 61.0. The Morgan fingerprint density at radius 1 is 0.468 bits per heavy atom. The molecule has 0 spiro atoms. The van der Waals surface area contributed by atoms with E-state index in [0.29, 0.717) is 63.7 Å². The number of esters is 4. The second-order valence-corrected chi connectivity index (χ2v) is 29.4. The number of aldehydes is 1. The van der Waals surface area contributed by atoms with Crippen LogP contribution in [-0.2, 0) is 81.1 Å². The Kier molecular flexibility index (Phi) is 51.7. The molecule has 38 nitrogen and oxygen atoms in total. The Hall–Kier alpha value is -15.3. The summed E-state index contributed by atoms with van der Waals surface area (Å²) in [6, 6.07) is 51.5. The standard InChI is InChI=1S/2C16H15NO5.C12H11NO2.C11H15NO4.C9H9NO4.C7H7NO3.C7H9NO.C6H15N.C5H4O2.C4H5ClO3.C4H8O.3CH4/c2*1-10(18)22-15-14(13-4-3-9-21-13)17(16(15)19)11-5-7-12(20-2)8-6-11;1-14-11-6-4-10(5-7-11)13-9-12-3-2-8-15-12;1-11(2,14-3)16-9-8(12-10(9)13)7-5-4-6-15-7;1-5(11)14-8-7(10-9(8)12)6-3-2-4-13-6;9-6-5(8-7(6)10)4-2-1-3-11-4;1-9-7-4-2-6(8)3-5-7;1-4-7(5-2)6-3;6-4-5-2-1-3-7-5;1-3(6)8-2-4(5)7;1-4(2)5-3;;;/h2*3-9,14-15H,1-2H3;2-9H,1H3;4-6,8-9H,1-3H3,(H,12,13);2-4,7-8H,1H3,(H,10,12);1-3,5-6,9H,(H,8,10);2-5H,8H2,1H3;4-6H2,1-3H3;1-4H;2H2,1H3;1H2,2-3H3;3*1H4/t2*14-,15+;;8-,9+;7-,8+;5-,6+;;;;;;;;/m00.000......../s1. The third-order valence-corrected chi connectivity index (χ3v) is 19.3. The van der Waals surface area contributed by atoms with Crippen molar-refractivity contribution in [3.05, 3.63) is 278 Å². The van der Waals surface area contributed by atoms with Crippen LogP contribution in [0.15, 0.2) is 274 Å². The van der Waals surface area contributed by atoms with Crippen LogP contribution in [0.5, 0.6) is 23.0 Å². The number of halogens is 1. The van der Waals surface area contributed by atoms with Gasteiger partial charge in [-0.05, 0) is 234 Å². The van der Waals surface area contributed by atoms with Crippen LogP contribution in [-0.4, -0.2) is 186 Å². The van der Waals surface area contributed by atoms with Crippen molar-refractivity contribution < 1.29 is 141 Å². The average Bonchev–Trinajstić information content (AvgIpc) is 1.73. The monoisotopic (exact) mass is 1950 g/mol. The van der Waals surface area contributed by atoms with E-state index in [2.05, 4.69) is 67.1 Å². The molecule has 12 heterocycles. The Morgan fingerprint density at radius 2 is 0.799 bits per heavy atom. The number of aliphatic hydroxyl groups is 1. The molecular formula is C100H125ClN8O30. The average molecular weight is 1950 g/mol. The van der Waals surface area contributed by atoms with E-state index in [1.165, 1.54) is 78.6 Å². The minimum atomic E-state index is -0.943. The smallest absolute Gasteiger partial charge is 0.303 e. The number of carbonyl (C=O) groups is 11. The number of hydrogen-bond donors (Lipinski definition) is 5. The van der Waals surface area contributed by atoms with Gasteiger partial charge < -0.3 is 115 Å². The maximum absolute atomic E-state index is 12.3. The van der Waals surface area contributed by atoms with E-state index in [9.17, 15) is 52.7 Å². The fourth-order valence-electron chi connectivity index (χ4n) is 12.0. The fourth-order valence-corrected chi connectivity index (χ4v) is 12.0. The van der Waals surface area contributed by atoms with Crippen LogP contribution in [0.4, 0.5) is 22.7 Å². The molecule has 10 atom stereocenters. The topological polar surface area (TPSA) is 486 Å². The van der Waals surface area contributed by atoms with Gasteiger partial charge in [0.2, 0.25) is 18.3 Å². The summed E-state index contributed by atoms with van der Waals surface area (Å²) in [6.07, 6.45) is 9.10. The van der Waals surface area contributed by atoms with Gasteiger partial charge in [0, 0.05) is 51.9 Å². The van der Waals surface area contributed by atoms with Crippen molar-refractivity contribution in [2.24, 2.45) is 4.99 Å². The lowest BCUT2D eigenvalue weighted by Gasteiger charge is -2.44. The molecule has 5 aliphatic heterocycles. The first kappa shape index (κ1) is 118. The van der Waals surface area contributed by atoms with E-state index in [0.717, 1.165) is 34.4 Å². The summed E-state index contributed by atoms with van der Waals surface area (Å²) in [7, 11) is 9.56. The molecule has 0 unspecified atom stereocenters. The van der Waals surface area contributed by atoms with Crippen molar-refractivity contribution in [3.63, 3.8) is 0 Å². The number of nitrogens with zero attached hydrogens (tertiary/aromatic N) is 4. The molecule has 5 saturated heterocycles. The highest BCUT2D eigenvalue weighted by molar-refractivity contribution is 6.64. The number of benzene rings is 4. The molecule has 0 radical (unpaired) electrons. The lowest BCUT2D eigenvalue weighted by molar-refractivity contribution is -0.239. The zero-order valence-electron chi connectivity index (χ0n) is 77.9. The van der Waals surface area contributed by atoms with E-state index in [1.54, 1.807) is 225 Å². The molecule has 139 heavy (non-hydrogen) atoms. The number of aliphatic hydroxyl groups excluding tert-OH is 1. The number of nitrogen functional groups attached to an aromatic ring is 1. The summed E-state index contributed by atoms with van der Waals surface area (Å²) in [5, 5.41) is 16.2. The number of furan rings is 7. The van der Waals surface area contributed by atoms with Crippen LogP contribution in [0.1, 0.15) is 167 Å². The van der Waals surface area contributed by atoms with Crippen LogP contribution < -0.4 is 50.4 Å². The van der Waals surface area contributed by atoms with Gasteiger partial charge in [-0.3, -0.25) is 67.5 Å². The summed E-state index contributed by atoms with van der Waals surface area (Å²) >= 11 is 4.81. The van der Waals surface area contributed by atoms with Gasteiger partial charge in [-0.1, -0.05) is 49.6 Å². The van der Waals surface area contributed by atoms with Crippen molar-refractivity contribution in [1.29, 1.82) is 0 Å². The van der Waals surface area contributed by atoms with Crippen molar-refractivity contribution in [3.8, 4) is 23.0 Å². The van der Waals surface area contributed by atoms with Gasteiger partial charge in [0.05, 0.1) is 97.1 Å². The number of nitrogens with two attached hydrogens (primary N) is 1. The molecule has 4 aromatic carbocycles. The van der Waals surface area contributed by atoms with Crippen LogP contribution in [0.2, 0.25) is 0 Å². The molecule has 11 aromatic rings. The van der Waals surface area contributed by atoms with Crippen LogP contribution >= 0.6 is 11.6 Å². The number of β-lactam (4-membered cyclic amide) rings is 5. The molecule has 0 bridgehead atoms. The van der Waals surface area contributed by atoms with Gasteiger partial charge in [0.25, 0.3) is 34.8 Å². The molecule has 752 valence electrons. The van der Waals surface area contributed by atoms with Gasteiger partial charge in [0.15, 0.2) is 36.6 Å². The number of amides is 5. The number of ether oxygens (including phenoxy) is 11. The lowest BCUT2D eigenvalue weighted by atomic mass is 9.94. The Morgan fingerprint density at radius 3 is 1.07 bits per heavy atom. The molecule has 0 aliphatic carbocycles. The third kappa shape index (κ3) is 37.7. The first-order chi connectivity index (χ1) is 65.1. The molecule has 7 aromatic heterocycles. The van der Waals surface area contributed by atoms with Gasteiger partial charge in [-0.25, -0.2) is 0 Å². The molecule has 16 rings (SSSR count). The van der Waals surface area contributed by atoms with Gasteiger partial charge in [-0.15, -0.1) is 0 Å². The minimum Gasteiger partial charge on any atom is -0.502 e. The minimum absolute atomic E-state index is 0. The first-order valence-corrected chi connectivity index (χ1v) is 42.3. The van der Waals surface area contributed by atoms with Crippen molar-refractivity contribution in [2.75, 3.05) is 84.4 Å². The van der Waals surface area contributed by atoms with E-state index in [4.69, 9.17) is 91.6 Å². The maximum atomic E-state index is 12.3. The molecular weight excluding hydrogens is 1830 g/mol. The predicted molar refractivity (Wildman–Crippen MR) is 515 cm³/mol. The normalized spacial score (nSPS) is 17.6. The Labute approximate surface area is 812 Å².